The summed E-state index contributed by atoms with van der Waals surface area (Å²) in [6, 6.07) is 14.2. The van der Waals surface area contributed by atoms with Crippen molar-refractivity contribution in [1.82, 2.24) is 9.97 Å². The summed E-state index contributed by atoms with van der Waals surface area (Å²) >= 11 is 0. The van der Waals surface area contributed by atoms with E-state index in [1.807, 2.05) is 18.2 Å². The van der Waals surface area contributed by atoms with Crippen molar-refractivity contribution in [1.29, 1.82) is 0 Å². The molecule has 0 radical (unpaired) electrons. The van der Waals surface area contributed by atoms with E-state index >= 15 is 0 Å². The van der Waals surface area contributed by atoms with Crippen LogP contribution in [0.1, 0.15) is 0 Å². The lowest BCUT2D eigenvalue weighted by Crippen LogP contribution is -2.21. The molecule has 0 aliphatic carbocycles. The number of aromatic nitrogens is 2. The van der Waals surface area contributed by atoms with Crippen molar-refractivity contribution in [2.45, 2.75) is 0 Å². The van der Waals surface area contributed by atoms with Gasteiger partial charge in [-0.1, -0.05) is 12.1 Å². The molecule has 0 saturated carbocycles. The van der Waals surface area contributed by atoms with Gasteiger partial charge in [-0.25, -0.2) is 13.4 Å². The number of nitrogens with one attached hydrogen (secondary N) is 2. The Kier molecular flexibility index (Phi) is 4.57. The lowest BCUT2D eigenvalue weighted by molar-refractivity contribution is 0.340. The van der Waals surface area contributed by atoms with Gasteiger partial charge >= 0.3 is 0 Å². The first-order valence-corrected chi connectivity index (χ1v) is 8.93. The predicted molar refractivity (Wildman–Crippen MR) is 92.0 cm³/mol. The van der Waals surface area contributed by atoms with Gasteiger partial charge in [0.1, 0.15) is 23.9 Å². The van der Waals surface area contributed by atoms with Crippen molar-refractivity contribution in [2.75, 3.05) is 24.2 Å². The summed E-state index contributed by atoms with van der Waals surface area (Å²) in [5, 5.41) is 0. The zero-order valence-electron chi connectivity index (χ0n) is 13.0. The summed E-state index contributed by atoms with van der Waals surface area (Å²) in [5.41, 5.74) is 1.47. The first kappa shape index (κ1) is 16.1. The largest absolute Gasteiger partial charge is 0.497 e. The Labute approximate surface area is 139 Å². The lowest BCUT2D eigenvalue weighted by Gasteiger charge is -2.08. The van der Waals surface area contributed by atoms with Gasteiger partial charge in [0.15, 0.2) is 0 Å². The fourth-order valence-electron chi connectivity index (χ4n) is 2.14. The standard InChI is InChI=1S/C16H17N3O4S/c1-22-12-6-8-13(9-7-12)23-10-11-24(20,21)19-16-17-14-4-2-3-5-15(14)18-16/h2-9H,10-11H2,1H3,(H2,17,18,19). The van der Waals surface area contributed by atoms with Crippen LogP contribution in [0, 0.1) is 0 Å². The van der Waals surface area contributed by atoms with Crippen LogP contribution in [-0.4, -0.2) is 37.9 Å². The minimum atomic E-state index is -3.56. The highest BCUT2D eigenvalue weighted by atomic mass is 32.2. The summed E-state index contributed by atoms with van der Waals surface area (Å²) in [6.45, 7) is 0.0297. The Bertz CT molecular complexity index is 887. The molecule has 1 aromatic heterocycles. The number of methoxy groups -OCH3 is 1. The van der Waals surface area contributed by atoms with E-state index in [4.69, 9.17) is 9.47 Å². The average molecular weight is 347 g/mol. The molecule has 1 heterocycles. The van der Waals surface area contributed by atoms with E-state index in [1.54, 1.807) is 37.4 Å². The topological polar surface area (TPSA) is 93.3 Å². The van der Waals surface area contributed by atoms with Crippen molar-refractivity contribution in [3.63, 3.8) is 0 Å². The van der Waals surface area contributed by atoms with Crippen molar-refractivity contribution < 1.29 is 17.9 Å². The molecule has 0 amide bonds. The van der Waals surface area contributed by atoms with Gasteiger partial charge in [0.2, 0.25) is 16.0 Å². The third kappa shape index (κ3) is 3.96. The Morgan fingerprint density at radius 2 is 1.79 bits per heavy atom. The average Bonchev–Trinajstić information content (AvgIpc) is 2.96. The van der Waals surface area contributed by atoms with Crippen LogP contribution in [0.4, 0.5) is 5.95 Å². The molecule has 0 unspecified atom stereocenters. The molecule has 2 N–H and O–H groups in total. The smallest absolute Gasteiger partial charge is 0.238 e. The molecule has 126 valence electrons. The highest BCUT2D eigenvalue weighted by Crippen LogP contribution is 2.17. The number of hydrogen-bond donors (Lipinski definition) is 2. The number of sulfonamides is 1. The number of hydrogen-bond acceptors (Lipinski definition) is 5. The first-order chi connectivity index (χ1) is 11.6. The monoisotopic (exact) mass is 347 g/mol. The highest BCUT2D eigenvalue weighted by molar-refractivity contribution is 7.92. The zero-order valence-corrected chi connectivity index (χ0v) is 13.8. The normalized spacial score (nSPS) is 11.4. The molecule has 0 aliphatic rings. The SMILES string of the molecule is COc1ccc(OCCS(=O)(=O)Nc2nc3ccccc3[nH]2)cc1. The van der Waals surface area contributed by atoms with Crippen molar-refractivity contribution in [2.24, 2.45) is 0 Å². The molecule has 3 aromatic rings. The van der Waals surface area contributed by atoms with E-state index in [0.717, 1.165) is 5.52 Å². The summed E-state index contributed by atoms with van der Waals surface area (Å²) in [7, 11) is -1.98. The molecule has 0 aliphatic heterocycles. The Hall–Kier alpha value is -2.74. The molecule has 0 atom stereocenters. The highest BCUT2D eigenvalue weighted by Gasteiger charge is 2.13. The van der Waals surface area contributed by atoms with Crippen molar-refractivity contribution >= 4 is 27.0 Å². The summed E-state index contributed by atoms with van der Waals surface area (Å²) in [6.07, 6.45) is 0. The second-order valence-corrected chi connectivity index (χ2v) is 6.89. The fourth-order valence-corrected chi connectivity index (χ4v) is 2.94. The van der Waals surface area contributed by atoms with Crippen LogP contribution in [0.25, 0.3) is 11.0 Å². The molecule has 7 nitrogen and oxygen atoms in total. The van der Waals surface area contributed by atoms with Crippen molar-refractivity contribution in [3.8, 4) is 11.5 Å². The van der Waals surface area contributed by atoms with Crippen LogP contribution < -0.4 is 14.2 Å². The minimum Gasteiger partial charge on any atom is -0.497 e. The molecular formula is C16H17N3O4S. The number of benzene rings is 2. The molecule has 2 aromatic carbocycles. The van der Waals surface area contributed by atoms with Gasteiger partial charge in [-0.2, -0.15) is 0 Å². The number of anilines is 1. The van der Waals surface area contributed by atoms with Crippen LogP contribution in [0.3, 0.4) is 0 Å². The van der Waals surface area contributed by atoms with Gasteiger partial charge in [0.05, 0.1) is 18.1 Å². The van der Waals surface area contributed by atoms with E-state index in [1.165, 1.54) is 0 Å². The van der Waals surface area contributed by atoms with Crippen LogP contribution in [0.15, 0.2) is 48.5 Å². The molecule has 0 bridgehead atoms. The predicted octanol–water partition coefficient (Wildman–Crippen LogP) is 2.39. The van der Waals surface area contributed by atoms with E-state index in [0.29, 0.717) is 17.0 Å². The number of H-pyrrole nitrogens is 1. The van der Waals surface area contributed by atoms with E-state index in [9.17, 15) is 8.42 Å². The maximum atomic E-state index is 12.1. The Morgan fingerprint density at radius 1 is 1.08 bits per heavy atom. The number of imidazole rings is 1. The quantitative estimate of drug-likeness (QED) is 0.684. The van der Waals surface area contributed by atoms with E-state index in [2.05, 4.69) is 14.7 Å². The lowest BCUT2D eigenvalue weighted by atomic mass is 10.3. The second kappa shape index (κ2) is 6.79. The van der Waals surface area contributed by atoms with Gasteiger partial charge in [0, 0.05) is 0 Å². The number of para-hydroxylation sites is 2. The van der Waals surface area contributed by atoms with E-state index < -0.39 is 10.0 Å². The number of rotatable bonds is 7. The van der Waals surface area contributed by atoms with Crippen molar-refractivity contribution in [3.05, 3.63) is 48.5 Å². The number of nitrogens with zero attached hydrogens (tertiary/aromatic N) is 1. The molecular weight excluding hydrogens is 330 g/mol. The van der Waals surface area contributed by atoms with Gasteiger partial charge in [0.25, 0.3) is 0 Å². The molecule has 3 rings (SSSR count). The maximum Gasteiger partial charge on any atom is 0.238 e. The minimum absolute atomic E-state index is 0.0297. The third-order valence-electron chi connectivity index (χ3n) is 3.32. The zero-order chi connectivity index (χ0) is 17.0. The van der Waals surface area contributed by atoms with E-state index in [-0.39, 0.29) is 18.3 Å². The Balaban J connectivity index is 1.57. The third-order valence-corrected chi connectivity index (χ3v) is 4.53. The van der Waals surface area contributed by atoms with Crippen LogP contribution in [0.5, 0.6) is 11.5 Å². The first-order valence-electron chi connectivity index (χ1n) is 7.28. The van der Waals surface area contributed by atoms with Gasteiger partial charge < -0.3 is 14.5 Å². The van der Waals surface area contributed by atoms with Crippen LogP contribution >= 0.6 is 0 Å². The van der Waals surface area contributed by atoms with Gasteiger partial charge in [-0.05, 0) is 36.4 Å². The van der Waals surface area contributed by atoms with Crippen LogP contribution in [-0.2, 0) is 10.0 Å². The summed E-state index contributed by atoms with van der Waals surface area (Å²) in [5.74, 6) is 1.30. The fraction of sp³-hybridized carbons (Fsp3) is 0.188. The maximum absolute atomic E-state index is 12.1. The molecule has 0 fully saturated rings. The number of ether oxygens (including phenoxy) is 2. The number of aromatic amines is 1. The second-order valence-electron chi connectivity index (χ2n) is 5.05. The molecule has 8 heteroatoms. The van der Waals surface area contributed by atoms with Crippen LogP contribution in [0.2, 0.25) is 0 Å². The molecule has 24 heavy (non-hydrogen) atoms. The van der Waals surface area contributed by atoms with Gasteiger partial charge in [-0.15, -0.1) is 0 Å². The molecule has 0 spiro atoms. The number of fused-ring (bicyclic) bond motifs is 1. The Morgan fingerprint density at radius 3 is 2.50 bits per heavy atom. The molecule has 0 saturated heterocycles. The van der Waals surface area contributed by atoms with Gasteiger partial charge in [-0.3, -0.25) is 4.72 Å². The summed E-state index contributed by atoms with van der Waals surface area (Å²) < 4.78 is 37.1. The summed E-state index contributed by atoms with van der Waals surface area (Å²) in [4.78, 5) is 7.10.